The zero-order valence-electron chi connectivity index (χ0n) is 8.62. The highest BCUT2D eigenvalue weighted by atomic mass is 35.5. The van der Waals surface area contributed by atoms with Crippen molar-refractivity contribution >= 4 is 17.3 Å². The Hall–Kier alpha value is -0.730. The Morgan fingerprint density at radius 1 is 1.40 bits per heavy atom. The Balaban J connectivity index is 1.99. The average molecular weight is 223 g/mol. The fourth-order valence-electron chi connectivity index (χ4n) is 2.85. The van der Waals surface area contributed by atoms with Crippen molar-refractivity contribution in [2.75, 3.05) is 11.4 Å². The Bertz CT molecular complexity index is 391. The minimum absolute atomic E-state index is 0.374. The summed E-state index contributed by atoms with van der Waals surface area (Å²) in [6.07, 6.45) is 3.27. The first kappa shape index (κ1) is 9.49. The number of piperidine rings is 1. The van der Waals surface area contributed by atoms with Crippen LogP contribution in [-0.4, -0.2) is 18.6 Å². The van der Waals surface area contributed by atoms with E-state index in [-0.39, 0.29) is 0 Å². The van der Waals surface area contributed by atoms with Gasteiger partial charge in [-0.15, -0.1) is 0 Å². The molecular formula is C12H15ClN2. The summed E-state index contributed by atoms with van der Waals surface area (Å²) < 4.78 is 0. The standard InChI is InChI=1S/C12H15ClN2/c13-11-2-1-3-12-10(11)7-9-6-8(14)4-5-15(9)12/h1-3,8-9H,4-7,14H2. The number of nitrogens with two attached hydrogens (primary N) is 1. The summed E-state index contributed by atoms with van der Waals surface area (Å²) in [4.78, 5) is 2.48. The molecule has 2 nitrogen and oxygen atoms in total. The molecule has 1 saturated heterocycles. The number of hydrogen-bond donors (Lipinski definition) is 1. The average Bonchev–Trinajstić information content (AvgIpc) is 2.57. The number of halogens is 1. The molecule has 15 heavy (non-hydrogen) atoms. The van der Waals surface area contributed by atoms with Gasteiger partial charge in [0.15, 0.2) is 0 Å². The number of nitrogens with zero attached hydrogens (tertiary/aromatic N) is 1. The Morgan fingerprint density at radius 3 is 3.13 bits per heavy atom. The molecule has 0 aromatic heterocycles. The molecule has 80 valence electrons. The van der Waals surface area contributed by atoms with Crippen LogP contribution < -0.4 is 10.6 Å². The largest absolute Gasteiger partial charge is 0.368 e. The van der Waals surface area contributed by atoms with Crippen molar-refractivity contribution in [3.63, 3.8) is 0 Å². The lowest BCUT2D eigenvalue weighted by atomic mass is 9.97. The van der Waals surface area contributed by atoms with Crippen molar-refractivity contribution in [3.05, 3.63) is 28.8 Å². The highest BCUT2D eigenvalue weighted by Crippen LogP contribution is 2.39. The molecule has 0 amide bonds. The van der Waals surface area contributed by atoms with Crippen LogP contribution in [0.4, 0.5) is 5.69 Å². The molecule has 0 bridgehead atoms. The lowest BCUT2D eigenvalue weighted by Gasteiger charge is -2.35. The fourth-order valence-corrected chi connectivity index (χ4v) is 3.09. The van der Waals surface area contributed by atoms with E-state index in [1.54, 1.807) is 0 Å². The molecule has 2 atom stereocenters. The summed E-state index contributed by atoms with van der Waals surface area (Å²) in [5.74, 6) is 0. The number of anilines is 1. The van der Waals surface area contributed by atoms with Gasteiger partial charge in [-0.2, -0.15) is 0 Å². The van der Waals surface area contributed by atoms with Crippen molar-refractivity contribution in [1.82, 2.24) is 0 Å². The monoisotopic (exact) mass is 222 g/mol. The van der Waals surface area contributed by atoms with Crippen molar-refractivity contribution < 1.29 is 0 Å². The SMILES string of the molecule is NC1CCN2c3cccc(Cl)c3CC2C1. The first-order valence-electron chi connectivity index (χ1n) is 5.55. The summed E-state index contributed by atoms with van der Waals surface area (Å²) in [5, 5.41) is 0.912. The zero-order chi connectivity index (χ0) is 10.4. The third-order valence-electron chi connectivity index (χ3n) is 3.60. The quantitative estimate of drug-likeness (QED) is 0.729. The second kappa shape index (κ2) is 3.39. The maximum atomic E-state index is 6.21. The normalized spacial score (nSPS) is 28.8. The van der Waals surface area contributed by atoms with E-state index in [2.05, 4.69) is 11.0 Å². The van der Waals surface area contributed by atoms with Gasteiger partial charge in [-0.25, -0.2) is 0 Å². The molecule has 1 fully saturated rings. The number of fused-ring (bicyclic) bond motifs is 3. The fraction of sp³-hybridized carbons (Fsp3) is 0.500. The molecule has 2 unspecified atom stereocenters. The molecule has 2 aliphatic rings. The van der Waals surface area contributed by atoms with Gasteiger partial charge in [-0.3, -0.25) is 0 Å². The molecule has 2 aliphatic heterocycles. The smallest absolute Gasteiger partial charge is 0.0459 e. The van der Waals surface area contributed by atoms with Crippen molar-refractivity contribution in [1.29, 1.82) is 0 Å². The van der Waals surface area contributed by atoms with Crippen molar-refractivity contribution in [2.24, 2.45) is 5.73 Å². The zero-order valence-corrected chi connectivity index (χ0v) is 9.37. The molecule has 0 radical (unpaired) electrons. The lowest BCUT2D eigenvalue weighted by Crippen LogP contribution is -2.45. The van der Waals surface area contributed by atoms with Crippen LogP contribution in [0.15, 0.2) is 18.2 Å². The van der Waals surface area contributed by atoms with Crippen LogP contribution in [0.3, 0.4) is 0 Å². The van der Waals surface area contributed by atoms with E-state index in [0.717, 1.165) is 30.8 Å². The Kier molecular flexibility index (Phi) is 2.15. The van der Waals surface area contributed by atoms with E-state index in [0.29, 0.717) is 12.1 Å². The molecule has 3 heteroatoms. The van der Waals surface area contributed by atoms with Crippen LogP contribution >= 0.6 is 11.6 Å². The second-order valence-corrected chi connectivity index (χ2v) is 4.98. The maximum absolute atomic E-state index is 6.21. The first-order valence-corrected chi connectivity index (χ1v) is 5.93. The summed E-state index contributed by atoms with van der Waals surface area (Å²) >= 11 is 6.21. The van der Waals surface area contributed by atoms with E-state index in [1.165, 1.54) is 11.3 Å². The van der Waals surface area contributed by atoms with Crippen LogP contribution in [0.1, 0.15) is 18.4 Å². The molecular weight excluding hydrogens is 208 g/mol. The van der Waals surface area contributed by atoms with Crippen molar-refractivity contribution in [2.45, 2.75) is 31.3 Å². The molecule has 2 N–H and O–H groups in total. The predicted molar refractivity (Wildman–Crippen MR) is 63.5 cm³/mol. The minimum Gasteiger partial charge on any atom is -0.368 e. The summed E-state index contributed by atoms with van der Waals surface area (Å²) in [6, 6.07) is 7.16. The van der Waals surface area contributed by atoms with E-state index in [1.807, 2.05) is 12.1 Å². The molecule has 0 aliphatic carbocycles. The van der Waals surface area contributed by atoms with Gasteiger partial charge in [-0.1, -0.05) is 17.7 Å². The lowest BCUT2D eigenvalue weighted by molar-refractivity contribution is 0.425. The topological polar surface area (TPSA) is 29.3 Å². The summed E-state index contributed by atoms with van der Waals surface area (Å²) in [5.41, 5.74) is 8.65. The van der Waals surface area contributed by atoms with Gasteiger partial charge in [0.2, 0.25) is 0 Å². The Morgan fingerprint density at radius 2 is 2.27 bits per heavy atom. The Labute approximate surface area is 95.0 Å². The molecule has 0 spiro atoms. The summed E-state index contributed by atoms with van der Waals surface area (Å²) in [7, 11) is 0. The first-order chi connectivity index (χ1) is 7.25. The van der Waals surface area contributed by atoms with Gasteiger partial charge in [0.05, 0.1) is 0 Å². The highest BCUT2D eigenvalue weighted by molar-refractivity contribution is 6.31. The molecule has 1 aromatic rings. The van der Waals surface area contributed by atoms with Gasteiger partial charge >= 0.3 is 0 Å². The van der Waals surface area contributed by atoms with Gasteiger partial charge in [0.25, 0.3) is 0 Å². The third kappa shape index (κ3) is 1.44. The number of rotatable bonds is 0. The molecule has 1 aromatic carbocycles. The maximum Gasteiger partial charge on any atom is 0.0459 e. The second-order valence-electron chi connectivity index (χ2n) is 4.57. The van der Waals surface area contributed by atoms with Crippen molar-refractivity contribution in [3.8, 4) is 0 Å². The van der Waals surface area contributed by atoms with Gasteiger partial charge < -0.3 is 10.6 Å². The predicted octanol–water partition coefficient (Wildman–Crippen LogP) is 2.19. The van der Waals surface area contributed by atoms with E-state index >= 15 is 0 Å². The van der Waals surface area contributed by atoms with Gasteiger partial charge in [-0.05, 0) is 37.0 Å². The van der Waals surface area contributed by atoms with E-state index < -0.39 is 0 Å². The van der Waals surface area contributed by atoms with Gasteiger partial charge in [0.1, 0.15) is 0 Å². The van der Waals surface area contributed by atoms with E-state index in [4.69, 9.17) is 17.3 Å². The number of hydrogen-bond acceptors (Lipinski definition) is 2. The molecule has 0 saturated carbocycles. The van der Waals surface area contributed by atoms with Crippen LogP contribution in [0.2, 0.25) is 5.02 Å². The van der Waals surface area contributed by atoms with E-state index in [9.17, 15) is 0 Å². The van der Waals surface area contributed by atoms with Crippen LogP contribution in [0, 0.1) is 0 Å². The molecule has 3 rings (SSSR count). The minimum atomic E-state index is 0.374. The van der Waals surface area contributed by atoms with Crippen LogP contribution in [-0.2, 0) is 6.42 Å². The highest BCUT2D eigenvalue weighted by Gasteiger charge is 2.34. The molecule has 2 heterocycles. The number of benzene rings is 1. The van der Waals surface area contributed by atoms with Crippen LogP contribution in [0.5, 0.6) is 0 Å². The van der Waals surface area contributed by atoms with Crippen LogP contribution in [0.25, 0.3) is 0 Å². The summed E-state index contributed by atoms with van der Waals surface area (Å²) in [6.45, 7) is 1.08. The third-order valence-corrected chi connectivity index (χ3v) is 3.95. The van der Waals surface area contributed by atoms with Gasteiger partial charge in [0, 0.05) is 29.3 Å².